The number of nitrogens with zero attached hydrogens (tertiary/aromatic N) is 3. The molecule has 0 aliphatic rings. The van der Waals surface area contributed by atoms with E-state index in [0.717, 1.165) is 16.7 Å². The van der Waals surface area contributed by atoms with E-state index in [4.69, 9.17) is 0 Å². The summed E-state index contributed by atoms with van der Waals surface area (Å²) in [4.78, 5) is 31.9. The minimum Gasteiger partial charge on any atom is -0.293 e. The van der Waals surface area contributed by atoms with Crippen LogP contribution in [-0.4, -0.2) is 26.3 Å². The van der Waals surface area contributed by atoms with E-state index < -0.39 is 12.0 Å². The summed E-state index contributed by atoms with van der Waals surface area (Å²) in [6.45, 7) is 0. The smallest absolute Gasteiger partial charge is 0.188 e. The van der Waals surface area contributed by atoms with Crippen LogP contribution in [0.1, 0.15) is 38.2 Å². The normalized spacial score (nSPS) is 12.6. The zero-order chi connectivity index (χ0) is 24.0. The van der Waals surface area contributed by atoms with E-state index in [1.54, 1.807) is 12.1 Å². The number of benzene rings is 4. The standard InChI is InChI=1S/C30H23N3O2/c34-29(25-14-8-3-9-15-25)27(24-12-6-2-7-13-24)28(33-21-31-20-32-33)30(35)26-18-16-23(17-19-26)22-10-4-1-5-11-22/h1-21,27-28H. The van der Waals surface area contributed by atoms with Gasteiger partial charge in [0, 0.05) is 11.1 Å². The third-order valence-corrected chi connectivity index (χ3v) is 6.08. The van der Waals surface area contributed by atoms with Crippen molar-refractivity contribution in [2.75, 3.05) is 0 Å². The van der Waals surface area contributed by atoms with Crippen molar-refractivity contribution in [3.05, 3.63) is 145 Å². The van der Waals surface area contributed by atoms with Crippen LogP contribution in [0.15, 0.2) is 128 Å². The number of Topliss-reactive ketones (excluding diaryl/α,β-unsaturated/α-hetero) is 2. The molecule has 2 unspecified atom stereocenters. The first kappa shape index (κ1) is 22.2. The van der Waals surface area contributed by atoms with E-state index in [1.807, 2.05) is 103 Å². The van der Waals surface area contributed by atoms with Gasteiger partial charge in [0.2, 0.25) is 0 Å². The van der Waals surface area contributed by atoms with Crippen LogP contribution in [0.3, 0.4) is 0 Å². The van der Waals surface area contributed by atoms with Crippen molar-refractivity contribution in [1.82, 2.24) is 14.8 Å². The second kappa shape index (κ2) is 10.1. The van der Waals surface area contributed by atoms with Crippen molar-refractivity contribution in [3.8, 4) is 11.1 Å². The number of carbonyl (C=O) groups is 2. The summed E-state index contributed by atoms with van der Waals surface area (Å²) >= 11 is 0. The van der Waals surface area contributed by atoms with Crippen molar-refractivity contribution in [3.63, 3.8) is 0 Å². The van der Waals surface area contributed by atoms with Gasteiger partial charge in [-0.1, -0.05) is 115 Å². The predicted molar refractivity (Wildman–Crippen MR) is 135 cm³/mol. The summed E-state index contributed by atoms with van der Waals surface area (Å²) in [6.07, 6.45) is 2.88. The maximum Gasteiger partial charge on any atom is 0.188 e. The molecule has 0 spiro atoms. The molecule has 4 aromatic carbocycles. The Labute approximate surface area is 203 Å². The van der Waals surface area contributed by atoms with Crippen LogP contribution >= 0.6 is 0 Å². The first-order valence-corrected chi connectivity index (χ1v) is 11.4. The lowest BCUT2D eigenvalue weighted by atomic mass is 9.81. The van der Waals surface area contributed by atoms with Crippen LogP contribution in [0.5, 0.6) is 0 Å². The van der Waals surface area contributed by atoms with Crippen LogP contribution in [0.4, 0.5) is 0 Å². The molecule has 0 radical (unpaired) electrons. The molecule has 1 heterocycles. The monoisotopic (exact) mass is 457 g/mol. The molecule has 0 amide bonds. The summed E-state index contributed by atoms with van der Waals surface area (Å²) < 4.78 is 1.49. The first-order chi connectivity index (χ1) is 17.2. The number of ketones is 2. The quantitative estimate of drug-likeness (QED) is 0.267. The van der Waals surface area contributed by atoms with Crippen LogP contribution < -0.4 is 0 Å². The first-order valence-electron chi connectivity index (χ1n) is 11.4. The fourth-order valence-corrected chi connectivity index (χ4v) is 4.33. The Morgan fingerprint density at radius 1 is 0.600 bits per heavy atom. The summed E-state index contributed by atoms with van der Waals surface area (Å²) in [7, 11) is 0. The Hall–Kier alpha value is -4.64. The van der Waals surface area contributed by atoms with Gasteiger partial charge < -0.3 is 0 Å². The molecular formula is C30H23N3O2. The Kier molecular flexibility index (Phi) is 6.39. The van der Waals surface area contributed by atoms with Crippen LogP contribution in [0, 0.1) is 0 Å². The largest absolute Gasteiger partial charge is 0.293 e. The van der Waals surface area contributed by atoms with Crippen molar-refractivity contribution in [1.29, 1.82) is 0 Å². The number of aromatic nitrogens is 3. The van der Waals surface area contributed by atoms with Gasteiger partial charge in [0.05, 0.1) is 5.92 Å². The van der Waals surface area contributed by atoms with Gasteiger partial charge in [-0.2, -0.15) is 5.10 Å². The summed E-state index contributed by atoms with van der Waals surface area (Å²) in [5.41, 5.74) is 3.88. The van der Waals surface area contributed by atoms with Crippen molar-refractivity contribution in [2.45, 2.75) is 12.0 Å². The van der Waals surface area contributed by atoms with E-state index in [9.17, 15) is 9.59 Å². The average molecular weight is 458 g/mol. The van der Waals surface area contributed by atoms with Gasteiger partial charge >= 0.3 is 0 Å². The Morgan fingerprint density at radius 3 is 1.74 bits per heavy atom. The molecule has 5 heteroatoms. The summed E-state index contributed by atoms with van der Waals surface area (Å²) in [5, 5.41) is 4.28. The van der Waals surface area contributed by atoms with Gasteiger partial charge in [-0.3, -0.25) is 9.59 Å². The van der Waals surface area contributed by atoms with Crippen molar-refractivity contribution in [2.24, 2.45) is 0 Å². The van der Waals surface area contributed by atoms with Crippen LogP contribution in [0.2, 0.25) is 0 Å². The Balaban J connectivity index is 1.58. The third kappa shape index (κ3) is 4.70. The van der Waals surface area contributed by atoms with Crippen molar-refractivity contribution >= 4 is 11.6 Å². The highest BCUT2D eigenvalue weighted by molar-refractivity contribution is 6.08. The average Bonchev–Trinajstić information content (AvgIpc) is 3.47. The molecule has 1 aromatic heterocycles. The van der Waals surface area contributed by atoms with Crippen LogP contribution in [0.25, 0.3) is 11.1 Å². The molecule has 5 rings (SSSR count). The lowest BCUT2D eigenvalue weighted by molar-refractivity contribution is 0.0818. The lowest BCUT2D eigenvalue weighted by Gasteiger charge is -2.26. The number of carbonyl (C=O) groups excluding carboxylic acids is 2. The third-order valence-electron chi connectivity index (χ3n) is 6.08. The maximum atomic E-state index is 14.0. The van der Waals surface area contributed by atoms with E-state index in [2.05, 4.69) is 10.1 Å². The van der Waals surface area contributed by atoms with Gasteiger partial charge in [-0.25, -0.2) is 9.67 Å². The molecule has 2 atom stereocenters. The second-order valence-electron chi connectivity index (χ2n) is 8.25. The Morgan fingerprint density at radius 2 is 1.14 bits per heavy atom. The van der Waals surface area contributed by atoms with E-state index in [0.29, 0.717) is 11.1 Å². The zero-order valence-electron chi connectivity index (χ0n) is 18.9. The Bertz CT molecular complexity index is 1400. The molecule has 0 aliphatic heterocycles. The highest BCUT2D eigenvalue weighted by Gasteiger charge is 2.38. The molecule has 5 aromatic rings. The highest BCUT2D eigenvalue weighted by Crippen LogP contribution is 2.35. The fourth-order valence-electron chi connectivity index (χ4n) is 4.33. The van der Waals surface area contributed by atoms with Gasteiger partial charge in [0.25, 0.3) is 0 Å². The number of hydrogen-bond acceptors (Lipinski definition) is 4. The lowest BCUT2D eigenvalue weighted by Crippen LogP contribution is -2.32. The van der Waals surface area contributed by atoms with Gasteiger partial charge in [0.15, 0.2) is 11.6 Å². The summed E-state index contributed by atoms with van der Waals surface area (Å²) in [5.74, 6) is -1.12. The number of rotatable bonds is 8. The SMILES string of the molecule is O=C(c1ccccc1)C(c1ccccc1)C(C(=O)c1ccc(-c2ccccc2)cc1)n1cncn1. The second-order valence-corrected chi connectivity index (χ2v) is 8.25. The summed E-state index contributed by atoms with van der Waals surface area (Å²) in [6, 6.07) is 35.0. The van der Waals surface area contributed by atoms with E-state index in [-0.39, 0.29) is 11.6 Å². The molecule has 170 valence electrons. The van der Waals surface area contributed by atoms with Gasteiger partial charge in [-0.05, 0) is 16.7 Å². The van der Waals surface area contributed by atoms with Gasteiger partial charge in [-0.15, -0.1) is 0 Å². The zero-order valence-corrected chi connectivity index (χ0v) is 18.9. The molecule has 0 N–H and O–H groups in total. The highest BCUT2D eigenvalue weighted by atomic mass is 16.1. The molecular weight excluding hydrogens is 434 g/mol. The predicted octanol–water partition coefficient (Wildman–Crippen LogP) is 6.04. The molecule has 0 saturated heterocycles. The maximum absolute atomic E-state index is 14.0. The molecule has 0 aliphatic carbocycles. The molecule has 35 heavy (non-hydrogen) atoms. The fraction of sp³-hybridized carbons (Fsp3) is 0.0667. The van der Waals surface area contributed by atoms with E-state index in [1.165, 1.54) is 17.3 Å². The molecule has 5 nitrogen and oxygen atoms in total. The van der Waals surface area contributed by atoms with Crippen molar-refractivity contribution < 1.29 is 9.59 Å². The topological polar surface area (TPSA) is 64.8 Å². The van der Waals surface area contributed by atoms with Crippen LogP contribution in [-0.2, 0) is 0 Å². The van der Waals surface area contributed by atoms with E-state index >= 15 is 0 Å². The number of hydrogen-bond donors (Lipinski definition) is 0. The minimum absolute atomic E-state index is 0.147. The molecule has 0 saturated carbocycles. The molecule has 0 bridgehead atoms. The minimum atomic E-state index is -0.893. The molecule has 0 fully saturated rings. The van der Waals surface area contributed by atoms with Gasteiger partial charge in [0.1, 0.15) is 18.7 Å².